The zero-order chi connectivity index (χ0) is 32.3. The molecule has 2 unspecified atom stereocenters. The molecule has 2 rings (SSSR count). The predicted octanol–water partition coefficient (Wildman–Crippen LogP) is 8.34. The number of carbonyl (C=O) groups excluding carboxylic acids is 3. The molecule has 0 bridgehead atoms. The number of amides is 3. The van der Waals surface area contributed by atoms with Gasteiger partial charge in [0.1, 0.15) is 17.7 Å². The fourth-order valence-electron chi connectivity index (χ4n) is 5.45. The minimum absolute atomic E-state index is 0.229. The lowest BCUT2D eigenvalue weighted by Gasteiger charge is -2.37. The molecule has 0 saturated carbocycles. The number of nitrogens with zero attached hydrogens (tertiary/aromatic N) is 1. The standard InChI is InChI=1S/C36H55N3O4/c1-11-12-13-14-15-16-23-39(34(41)30(24(2)3)38-35(42)43-36(8,9)10)32(29-25(4)19-17-20-26(29)5)33(40)37-31-27(6)21-18-22-28(31)7/h17-22,24,30,32H,11-16,23H2,1-10H3,(H,37,40)(H,38,42). The van der Waals surface area contributed by atoms with E-state index in [4.69, 9.17) is 4.74 Å². The van der Waals surface area contributed by atoms with Gasteiger partial charge >= 0.3 is 6.09 Å². The van der Waals surface area contributed by atoms with E-state index in [0.717, 1.165) is 65.6 Å². The number of alkyl carbamates (subject to hydrolysis) is 1. The van der Waals surface area contributed by atoms with Gasteiger partial charge in [-0.25, -0.2) is 4.79 Å². The third-order valence-corrected chi connectivity index (χ3v) is 7.75. The first-order chi connectivity index (χ1) is 20.2. The van der Waals surface area contributed by atoms with Crippen molar-refractivity contribution in [1.29, 1.82) is 0 Å². The molecule has 0 aromatic heterocycles. The molecule has 238 valence electrons. The van der Waals surface area contributed by atoms with Gasteiger partial charge in [-0.15, -0.1) is 0 Å². The van der Waals surface area contributed by atoms with Gasteiger partial charge in [-0.05, 0) is 88.6 Å². The lowest BCUT2D eigenvalue weighted by Crippen LogP contribution is -2.54. The molecule has 0 heterocycles. The number of para-hydroxylation sites is 1. The third-order valence-electron chi connectivity index (χ3n) is 7.75. The van der Waals surface area contributed by atoms with Crippen molar-refractivity contribution in [3.05, 3.63) is 64.2 Å². The number of hydrogen-bond donors (Lipinski definition) is 2. The number of hydrogen-bond acceptors (Lipinski definition) is 4. The average molecular weight is 594 g/mol. The molecule has 2 atom stereocenters. The first kappa shape index (κ1) is 35.8. The molecule has 0 aliphatic rings. The quantitative estimate of drug-likeness (QED) is 0.216. The van der Waals surface area contributed by atoms with Crippen molar-refractivity contribution in [2.45, 2.75) is 125 Å². The maximum Gasteiger partial charge on any atom is 0.408 e. The van der Waals surface area contributed by atoms with Crippen LogP contribution in [0.15, 0.2) is 36.4 Å². The van der Waals surface area contributed by atoms with Crippen molar-refractivity contribution in [3.8, 4) is 0 Å². The average Bonchev–Trinajstić information content (AvgIpc) is 2.90. The molecule has 7 heteroatoms. The molecule has 7 nitrogen and oxygen atoms in total. The maximum atomic E-state index is 14.6. The number of unbranched alkanes of at least 4 members (excludes halogenated alkanes) is 5. The summed E-state index contributed by atoms with van der Waals surface area (Å²) in [6, 6.07) is 10.1. The van der Waals surface area contributed by atoms with E-state index >= 15 is 0 Å². The minimum Gasteiger partial charge on any atom is -0.444 e. The van der Waals surface area contributed by atoms with Gasteiger partial charge in [-0.3, -0.25) is 9.59 Å². The second kappa shape index (κ2) is 16.5. The number of rotatable bonds is 14. The van der Waals surface area contributed by atoms with Gasteiger partial charge in [-0.1, -0.05) is 89.3 Å². The van der Waals surface area contributed by atoms with Crippen LogP contribution in [0.4, 0.5) is 10.5 Å². The second-order valence-corrected chi connectivity index (χ2v) is 13.1. The Balaban J connectivity index is 2.61. The van der Waals surface area contributed by atoms with Gasteiger partial charge < -0.3 is 20.3 Å². The van der Waals surface area contributed by atoms with Crippen molar-refractivity contribution in [1.82, 2.24) is 10.2 Å². The molecular weight excluding hydrogens is 538 g/mol. The zero-order valence-corrected chi connectivity index (χ0v) is 28.2. The Hall–Kier alpha value is -3.35. The van der Waals surface area contributed by atoms with Crippen molar-refractivity contribution in [2.75, 3.05) is 11.9 Å². The Morgan fingerprint density at radius 3 is 1.84 bits per heavy atom. The summed E-state index contributed by atoms with van der Waals surface area (Å²) in [6.45, 7) is 19.6. The highest BCUT2D eigenvalue weighted by Gasteiger charge is 2.38. The summed E-state index contributed by atoms with van der Waals surface area (Å²) in [5.74, 6) is -0.792. The molecule has 0 saturated heterocycles. The molecule has 0 radical (unpaired) electrons. The zero-order valence-electron chi connectivity index (χ0n) is 28.2. The highest BCUT2D eigenvalue weighted by Crippen LogP contribution is 2.32. The maximum absolute atomic E-state index is 14.6. The molecule has 2 aromatic carbocycles. The molecule has 0 aliphatic carbocycles. The second-order valence-electron chi connectivity index (χ2n) is 13.1. The number of ether oxygens (including phenoxy) is 1. The van der Waals surface area contributed by atoms with Crippen LogP contribution in [0.25, 0.3) is 0 Å². The lowest BCUT2D eigenvalue weighted by molar-refractivity contribution is -0.141. The Bertz CT molecular complexity index is 1190. The van der Waals surface area contributed by atoms with E-state index in [1.165, 1.54) is 6.42 Å². The first-order valence-corrected chi connectivity index (χ1v) is 15.9. The van der Waals surface area contributed by atoms with Gasteiger partial charge in [0.2, 0.25) is 5.91 Å². The molecule has 0 spiro atoms. The van der Waals surface area contributed by atoms with Crippen LogP contribution in [0.3, 0.4) is 0 Å². The lowest BCUT2D eigenvalue weighted by atomic mass is 9.92. The monoisotopic (exact) mass is 593 g/mol. The molecule has 43 heavy (non-hydrogen) atoms. The highest BCUT2D eigenvalue weighted by molar-refractivity contribution is 6.00. The number of benzene rings is 2. The number of aryl methyl sites for hydroxylation is 4. The summed E-state index contributed by atoms with van der Waals surface area (Å²) >= 11 is 0. The summed E-state index contributed by atoms with van der Waals surface area (Å²) < 4.78 is 5.52. The number of nitrogens with one attached hydrogen (secondary N) is 2. The SMILES string of the molecule is CCCCCCCCN(C(=O)C(NC(=O)OC(C)(C)C)C(C)C)C(C(=O)Nc1c(C)cccc1C)c1c(C)cccc1C. The topological polar surface area (TPSA) is 87.7 Å². The molecule has 2 N–H and O–H groups in total. The fourth-order valence-corrected chi connectivity index (χ4v) is 5.45. The highest BCUT2D eigenvalue weighted by atomic mass is 16.6. The van der Waals surface area contributed by atoms with E-state index in [0.29, 0.717) is 6.54 Å². The van der Waals surface area contributed by atoms with E-state index in [9.17, 15) is 14.4 Å². The van der Waals surface area contributed by atoms with Crippen molar-refractivity contribution in [2.24, 2.45) is 5.92 Å². The van der Waals surface area contributed by atoms with Crippen molar-refractivity contribution >= 4 is 23.6 Å². The largest absolute Gasteiger partial charge is 0.444 e. The van der Waals surface area contributed by atoms with Crippen LogP contribution >= 0.6 is 0 Å². The van der Waals surface area contributed by atoms with Gasteiger partial charge in [0, 0.05) is 12.2 Å². The van der Waals surface area contributed by atoms with Crippen molar-refractivity contribution in [3.63, 3.8) is 0 Å². The van der Waals surface area contributed by atoms with Crippen LogP contribution in [-0.4, -0.2) is 41.0 Å². The van der Waals surface area contributed by atoms with Gasteiger partial charge in [-0.2, -0.15) is 0 Å². The van der Waals surface area contributed by atoms with E-state index in [1.807, 2.05) is 77.9 Å². The van der Waals surface area contributed by atoms with Crippen LogP contribution in [0.2, 0.25) is 0 Å². The third kappa shape index (κ3) is 10.7. The van der Waals surface area contributed by atoms with Crippen LogP contribution in [0.5, 0.6) is 0 Å². The normalized spacial score (nSPS) is 12.9. The summed E-state index contributed by atoms with van der Waals surface area (Å²) in [5, 5.41) is 6.01. The Morgan fingerprint density at radius 1 is 0.814 bits per heavy atom. The van der Waals surface area contributed by atoms with Crippen LogP contribution in [-0.2, 0) is 14.3 Å². The first-order valence-electron chi connectivity index (χ1n) is 15.9. The van der Waals surface area contributed by atoms with Gasteiger partial charge in [0.05, 0.1) is 0 Å². The summed E-state index contributed by atoms with van der Waals surface area (Å²) in [7, 11) is 0. The molecule has 3 amide bonds. The van der Waals surface area contributed by atoms with E-state index in [2.05, 4.69) is 17.6 Å². The van der Waals surface area contributed by atoms with Gasteiger partial charge in [0.25, 0.3) is 5.91 Å². The summed E-state index contributed by atoms with van der Waals surface area (Å²) in [5.41, 5.74) is 4.63. The number of anilines is 1. The Morgan fingerprint density at radius 2 is 1.33 bits per heavy atom. The molecular formula is C36H55N3O4. The van der Waals surface area contributed by atoms with E-state index < -0.39 is 23.8 Å². The van der Waals surface area contributed by atoms with E-state index in [-0.39, 0.29) is 17.7 Å². The number of carbonyl (C=O) groups is 3. The van der Waals surface area contributed by atoms with Crippen LogP contribution in [0.1, 0.15) is 114 Å². The minimum atomic E-state index is -0.884. The predicted molar refractivity (Wildman–Crippen MR) is 176 cm³/mol. The summed E-state index contributed by atoms with van der Waals surface area (Å²) in [4.78, 5) is 43.6. The Kier molecular flexibility index (Phi) is 13.7. The van der Waals surface area contributed by atoms with Crippen LogP contribution < -0.4 is 10.6 Å². The van der Waals surface area contributed by atoms with Crippen molar-refractivity contribution < 1.29 is 19.1 Å². The molecule has 0 fully saturated rings. The Labute approximate surface area is 260 Å². The van der Waals surface area contributed by atoms with E-state index in [1.54, 1.807) is 25.7 Å². The smallest absolute Gasteiger partial charge is 0.408 e. The molecule has 2 aromatic rings. The summed E-state index contributed by atoms with van der Waals surface area (Å²) in [6.07, 6.45) is 5.61. The molecule has 0 aliphatic heterocycles. The van der Waals surface area contributed by atoms with Gasteiger partial charge in [0.15, 0.2) is 0 Å². The fraction of sp³-hybridized carbons (Fsp3) is 0.583. The van der Waals surface area contributed by atoms with Crippen LogP contribution in [0, 0.1) is 33.6 Å².